The van der Waals surface area contributed by atoms with Crippen LogP contribution in [0.3, 0.4) is 0 Å². The third-order valence-electron chi connectivity index (χ3n) is 2.37. The minimum absolute atomic E-state index is 0.127. The summed E-state index contributed by atoms with van der Waals surface area (Å²) >= 11 is 0. The minimum Gasteiger partial charge on any atom is -0.292 e. The van der Waals surface area contributed by atoms with E-state index in [9.17, 15) is 14.9 Å². The molecule has 6 nitrogen and oxygen atoms in total. The molecular formula is C16H21NO5Si. The number of benzene rings is 1. The number of hydrogen-bond donors (Lipinski definition) is 0. The predicted octanol–water partition coefficient (Wildman–Crippen LogP) is 3.71. The van der Waals surface area contributed by atoms with E-state index in [1.165, 1.54) is 18.2 Å². The van der Waals surface area contributed by atoms with E-state index in [4.69, 9.17) is 9.78 Å². The van der Waals surface area contributed by atoms with E-state index in [2.05, 4.69) is 11.5 Å². The molecule has 0 bridgehead atoms. The van der Waals surface area contributed by atoms with Gasteiger partial charge in [-0.1, -0.05) is 25.6 Å². The summed E-state index contributed by atoms with van der Waals surface area (Å²) in [6.45, 7) is 11.3. The van der Waals surface area contributed by atoms with Crippen molar-refractivity contribution in [3.05, 3.63) is 39.4 Å². The molecule has 0 radical (unpaired) electrons. The minimum atomic E-state index is -1.71. The van der Waals surface area contributed by atoms with Gasteiger partial charge < -0.3 is 0 Å². The van der Waals surface area contributed by atoms with Crippen molar-refractivity contribution in [3.8, 4) is 11.5 Å². The molecule has 0 aliphatic rings. The number of hydrogen-bond acceptors (Lipinski definition) is 5. The summed E-state index contributed by atoms with van der Waals surface area (Å²) < 4.78 is 0. The molecule has 1 aromatic carbocycles. The number of nitrogens with zero attached hydrogens (tertiary/aromatic N) is 1. The van der Waals surface area contributed by atoms with Crippen molar-refractivity contribution < 1.29 is 19.5 Å². The van der Waals surface area contributed by atoms with Gasteiger partial charge in [-0.15, -0.1) is 5.54 Å². The predicted molar refractivity (Wildman–Crippen MR) is 89.6 cm³/mol. The molecule has 0 aliphatic heterocycles. The lowest BCUT2D eigenvalue weighted by Gasteiger charge is -2.16. The van der Waals surface area contributed by atoms with Crippen LogP contribution in [0.4, 0.5) is 5.69 Å². The molecule has 23 heavy (non-hydrogen) atoms. The van der Waals surface area contributed by atoms with Crippen LogP contribution in [0, 0.1) is 21.6 Å². The number of carbonyl (C=O) groups excluding carboxylic acids is 1. The Morgan fingerprint density at radius 3 is 2.35 bits per heavy atom. The molecule has 0 saturated heterocycles. The van der Waals surface area contributed by atoms with Gasteiger partial charge >= 0.3 is 5.97 Å². The Kier molecular flexibility index (Phi) is 5.69. The van der Waals surface area contributed by atoms with Crippen LogP contribution in [0.25, 0.3) is 0 Å². The second-order valence-electron chi connectivity index (χ2n) is 7.05. The highest BCUT2D eigenvalue weighted by Crippen LogP contribution is 2.19. The van der Waals surface area contributed by atoms with Gasteiger partial charge in [0, 0.05) is 17.7 Å². The molecular weight excluding hydrogens is 314 g/mol. The lowest BCUT2D eigenvalue weighted by Crippen LogP contribution is -2.22. The number of nitro benzene ring substituents is 1. The third kappa shape index (κ3) is 6.63. The first-order chi connectivity index (χ1) is 10.4. The molecule has 1 aromatic rings. The third-order valence-corrected chi connectivity index (χ3v) is 3.25. The van der Waals surface area contributed by atoms with Gasteiger partial charge in [0.25, 0.3) is 5.69 Å². The Hall–Kier alpha value is -2.17. The molecule has 0 atom stereocenters. The Labute approximate surface area is 136 Å². The second kappa shape index (κ2) is 6.94. The SMILES string of the molecule is CC(C)(C)OOC(=O)c1ccc([N+](=O)[O-])cc1C#C[Si](C)(C)C. The van der Waals surface area contributed by atoms with E-state index in [0.29, 0.717) is 0 Å². The fourth-order valence-corrected chi connectivity index (χ4v) is 1.90. The zero-order chi connectivity index (χ0) is 17.8. The summed E-state index contributed by atoms with van der Waals surface area (Å²) in [5.41, 5.74) is 2.72. The molecule has 7 heteroatoms. The maximum Gasteiger partial charge on any atom is 0.374 e. The molecule has 0 spiro atoms. The largest absolute Gasteiger partial charge is 0.374 e. The molecule has 1 rings (SSSR count). The first-order valence-corrected chi connectivity index (χ1v) is 10.6. The summed E-state index contributed by atoms with van der Waals surface area (Å²) in [4.78, 5) is 32.3. The average Bonchev–Trinajstić information content (AvgIpc) is 2.40. The molecule has 124 valence electrons. The summed E-state index contributed by atoms with van der Waals surface area (Å²) in [6, 6.07) is 3.86. The Bertz CT molecular complexity index is 674. The van der Waals surface area contributed by atoms with Crippen LogP contribution in [-0.4, -0.2) is 24.6 Å². The van der Waals surface area contributed by atoms with E-state index >= 15 is 0 Å². The Morgan fingerprint density at radius 1 is 1.26 bits per heavy atom. The van der Waals surface area contributed by atoms with Gasteiger partial charge in [0.05, 0.1) is 10.5 Å². The summed E-state index contributed by atoms with van der Waals surface area (Å²) in [7, 11) is -1.71. The van der Waals surface area contributed by atoms with Crippen LogP contribution in [0.15, 0.2) is 18.2 Å². The van der Waals surface area contributed by atoms with Gasteiger partial charge in [0.15, 0.2) is 0 Å². The van der Waals surface area contributed by atoms with Crippen molar-refractivity contribution in [1.29, 1.82) is 0 Å². The van der Waals surface area contributed by atoms with E-state index in [0.717, 1.165) is 0 Å². The van der Waals surface area contributed by atoms with E-state index in [-0.39, 0.29) is 16.8 Å². The maximum absolute atomic E-state index is 12.1. The van der Waals surface area contributed by atoms with Crippen molar-refractivity contribution in [2.75, 3.05) is 0 Å². The van der Waals surface area contributed by atoms with E-state index in [1.54, 1.807) is 20.8 Å². The Balaban J connectivity index is 3.22. The molecule has 0 saturated carbocycles. The zero-order valence-electron chi connectivity index (χ0n) is 14.2. The Morgan fingerprint density at radius 2 is 1.87 bits per heavy atom. The van der Waals surface area contributed by atoms with Crippen molar-refractivity contribution in [2.24, 2.45) is 0 Å². The van der Waals surface area contributed by atoms with Gasteiger partial charge in [-0.05, 0) is 26.8 Å². The first-order valence-electron chi connectivity index (χ1n) is 7.11. The second-order valence-corrected chi connectivity index (χ2v) is 11.8. The molecule has 0 aromatic heterocycles. The number of carbonyl (C=O) groups is 1. The fraction of sp³-hybridized carbons (Fsp3) is 0.438. The van der Waals surface area contributed by atoms with Crippen LogP contribution in [0.2, 0.25) is 19.6 Å². The van der Waals surface area contributed by atoms with Crippen LogP contribution in [0.5, 0.6) is 0 Å². The monoisotopic (exact) mass is 335 g/mol. The van der Waals surface area contributed by atoms with Gasteiger partial charge in [0.2, 0.25) is 0 Å². The normalized spacial score (nSPS) is 11.4. The highest BCUT2D eigenvalue weighted by Gasteiger charge is 2.21. The number of rotatable bonds is 3. The van der Waals surface area contributed by atoms with Crippen molar-refractivity contribution in [3.63, 3.8) is 0 Å². The van der Waals surface area contributed by atoms with Gasteiger partial charge in [-0.3, -0.25) is 15.0 Å². The molecule has 0 unspecified atom stereocenters. The van der Waals surface area contributed by atoms with E-state index in [1.807, 2.05) is 19.6 Å². The molecule has 0 heterocycles. The molecule has 0 amide bonds. The van der Waals surface area contributed by atoms with Crippen LogP contribution >= 0.6 is 0 Å². The molecule has 0 fully saturated rings. The first kappa shape index (κ1) is 18.9. The number of non-ortho nitro benzene ring substituents is 1. The average molecular weight is 335 g/mol. The summed E-state index contributed by atoms with van der Waals surface area (Å²) in [6.07, 6.45) is 0. The van der Waals surface area contributed by atoms with Crippen molar-refractivity contribution >= 4 is 19.7 Å². The van der Waals surface area contributed by atoms with Crippen LogP contribution in [-0.2, 0) is 9.78 Å². The molecule has 0 aliphatic carbocycles. The quantitative estimate of drug-likeness (QED) is 0.277. The van der Waals surface area contributed by atoms with Gasteiger partial charge in [0.1, 0.15) is 13.7 Å². The van der Waals surface area contributed by atoms with E-state index < -0.39 is 24.6 Å². The highest BCUT2D eigenvalue weighted by molar-refractivity contribution is 6.83. The maximum atomic E-state index is 12.1. The fourth-order valence-electron chi connectivity index (χ4n) is 1.39. The summed E-state index contributed by atoms with van der Waals surface area (Å²) in [5.74, 6) is 2.15. The molecule has 0 N–H and O–H groups in total. The van der Waals surface area contributed by atoms with Crippen molar-refractivity contribution in [2.45, 2.75) is 46.0 Å². The lowest BCUT2D eigenvalue weighted by atomic mass is 10.1. The topological polar surface area (TPSA) is 78.7 Å². The highest BCUT2D eigenvalue weighted by atomic mass is 28.3. The van der Waals surface area contributed by atoms with Crippen LogP contribution < -0.4 is 0 Å². The van der Waals surface area contributed by atoms with Crippen LogP contribution in [0.1, 0.15) is 36.7 Å². The summed E-state index contributed by atoms with van der Waals surface area (Å²) in [5, 5.41) is 10.9. The van der Waals surface area contributed by atoms with Gasteiger partial charge in [-0.2, -0.15) is 4.89 Å². The zero-order valence-corrected chi connectivity index (χ0v) is 15.2. The van der Waals surface area contributed by atoms with Gasteiger partial charge in [-0.25, -0.2) is 4.79 Å². The standard InChI is InChI=1S/C16H21NO5Si/c1-16(2,3)22-21-15(18)14-8-7-13(17(19)20)11-12(14)9-10-23(4,5)6/h7-8,11H,1-6H3. The smallest absolute Gasteiger partial charge is 0.292 e. The number of nitro groups is 1. The lowest BCUT2D eigenvalue weighted by molar-refractivity contribution is -0.384. The van der Waals surface area contributed by atoms with Crippen molar-refractivity contribution in [1.82, 2.24) is 0 Å².